The van der Waals surface area contributed by atoms with Crippen LogP contribution in [0.3, 0.4) is 0 Å². The van der Waals surface area contributed by atoms with Gasteiger partial charge in [-0.1, -0.05) is 41.7 Å². The highest BCUT2D eigenvalue weighted by atomic mass is 32.1. The van der Waals surface area contributed by atoms with Crippen molar-refractivity contribution in [3.05, 3.63) is 92.8 Å². The maximum absolute atomic E-state index is 13.8. The average Bonchev–Trinajstić information content (AvgIpc) is 3.26. The zero-order valence-corrected chi connectivity index (χ0v) is 19.0. The van der Waals surface area contributed by atoms with Gasteiger partial charge in [-0.3, -0.25) is 23.6 Å². The number of nitrogens with zero attached hydrogens (tertiary/aromatic N) is 5. The Balaban J connectivity index is 1.72. The maximum Gasteiger partial charge on any atom is 0.332 e. The number of thiazole rings is 1. The Morgan fingerprint density at radius 3 is 2.39 bits per heavy atom. The summed E-state index contributed by atoms with van der Waals surface area (Å²) in [6.45, 7) is 1.92. The van der Waals surface area contributed by atoms with Crippen LogP contribution in [0.1, 0.15) is 16.1 Å². The third-order valence-corrected chi connectivity index (χ3v) is 6.58. The molecule has 0 fully saturated rings. The molecule has 5 rings (SSSR count). The summed E-state index contributed by atoms with van der Waals surface area (Å²) in [5.41, 5.74) is 1.67. The van der Waals surface area contributed by atoms with Crippen molar-refractivity contribution in [3.63, 3.8) is 0 Å². The van der Waals surface area contributed by atoms with Crippen LogP contribution in [0.4, 0.5) is 10.8 Å². The third-order valence-electron chi connectivity index (χ3n) is 5.55. The number of hydrogen-bond acceptors (Lipinski definition) is 6. The van der Waals surface area contributed by atoms with Gasteiger partial charge in [0, 0.05) is 14.1 Å². The summed E-state index contributed by atoms with van der Waals surface area (Å²) in [5, 5.41) is 0.772. The molecular formula is C24H19N5O3S. The number of aryl methyl sites for hydroxylation is 2. The summed E-state index contributed by atoms with van der Waals surface area (Å²) in [5.74, 6) is -0.404. The zero-order chi connectivity index (χ0) is 23.3. The highest BCUT2D eigenvalue weighted by Crippen LogP contribution is 2.35. The predicted molar refractivity (Wildman–Crippen MR) is 129 cm³/mol. The van der Waals surface area contributed by atoms with Gasteiger partial charge >= 0.3 is 5.69 Å². The number of aromatic nitrogens is 4. The number of benzene rings is 2. The first-order valence-electron chi connectivity index (χ1n) is 10.2. The van der Waals surface area contributed by atoms with Crippen LogP contribution in [0, 0.1) is 6.92 Å². The van der Waals surface area contributed by atoms with E-state index >= 15 is 0 Å². The van der Waals surface area contributed by atoms with Gasteiger partial charge in [0.15, 0.2) is 5.13 Å². The maximum atomic E-state index is 13.8. The number of rotatable bonds is 3. The lowest BCUT2D eigenvalue weighted by atomic mass is 10.1. The summed E-state index contributed by atoms with van der Waals surface area (Å²) in [6, 6.07) is 18.3. The van der Waals surface area contributed by atoms with E-state index in [2.05, 4.69) is 9.97 Å². The lowest BCUT2D eigenvalue weighted by Gasteiger charge is -2.21. The molecule has 0 bridgehead atoms. The van der Waals surface area contributed by atoms with Crippen LogP contribution < -0.4 is 16.1 Å². The van der Waals surface area contributed by atoms with E-state index in [0.29, 0.717) is 10.8 Å². The summed E-state index contributed by atoms with van der Waals surface area (Å²) in [6.07, 6.45) is 0. The second kappa shape index (κ2) is 7.79. The van der Waals surface area contributed by atoms with Gasteiger partial charge in [-0.2, -0.15) is 0 Å². The zero-order valence-electron chi connectivity index (χ0n) is 18.1. The molecule has 0 aliphatic heterocycles. The van der Waals surface area contributed by atoms with Crippen molar-refractivity contribution in [2.45, 2.75) is 6.92 Å². The topological polar surface area (TPSA) is 90.1 Å². The van der Waals surface area contributed by atoms with Gasteiger partial charge in [0.1, 0.15) is 11.3 Å². The molecule has 3 heterocycles. The first-order valence-corrected chi connectivity index (χ1v) is 11.0. The Hall–Kier alpha value is -4.11. The Morgan fingerprint density at radius 2 is 1.64 bits per heavy atom. The van der Waals surface area contributed by atoms with Gasteiger partial charge in [0.05, 0.1) is 21.3 Å². The third kappa shape index (κ3) is 3.33. The summed E-state index contributed by atoms with van der Waals surface area (Å²) < 4.78 is 3.24. The Labute approximate surface area is 192 Å². The first kappa shape index (κ1) is 20.8. The molecule has 164 valence electrons. The number of para-hydroxylation sites is 2. The fourth-order valence-electron chi connectivity index (χ4n) is 3.76. The molecule has 0 N–H and O–H groups in total. The number of anilines is 2. The molecule has 0 radical (unpaired) electrons. The summed E-state index contributed by atoms with van der Waals surface area (Å²) in [7, 11) is 2.94. The van der Waals surface area contributed by atoms with E-state index in [0.717, 1.165) is 20.3 Å². The van der Waals surface area contributed by atoms with Crippen LogP contribution in [-0.4, -0.2) is 25.0 Å². The Morgan fingerprint density at radius 1 is 0.909 bits per heavy atom. The van der Waals surface area contributed by atoms with Gasteiger partial charge in [0.25, 0.3) is 11.5 Å². The molecule has 0 atom stereocenters. The van der Waals surface area contributed by atoms with Gasteiger partial charge < -0.3 is 0 Å². The summed E-state index contributed by atoms with van der Waals surface area (Å²) >= 11 is 1.40. The molecular weight excluding hydrogens is 438 g/mol. The first-order chi connectivity index (χ1) is 15.9. The fourth-order valence-corrected chi connectivity index (χ4v) is 4.74. The molecule has 8 nitrogen and oxygen atoms in total. The van der Waals surface area contributed by atoms with E-state index in [1.165, 1.54) is 47.0 Å². The van der Waals surface area contributed by atoms with Gasteiger partial charge in [-0.05, 0) is 42.8 Å². The van der Waals surface area contributed by atoms with E-state index in [1.807, 2.05) is 55.5 Å². The minimum absolute atomic E-state index is 0.105. The molecule has 1 amide bonds. The minimum atomic E-state index is -0.508. The Kier molecular flexibility index (Phi) is 4.90. The monoisotopic (exact) mass is 457 g/mol. The number of carbonyl (C=O) groups excluding carboxylic acids is 1. The van der Waals surface area contributed by atoms with Crippen molar-refractivity contribution in [2.75, 3.05) is 4.90 Å². The fraction of sp³-hybridized carbons (Fsp3) is 0.125. The minimum Gasteiger partial charge on any atom is -0.280 e. The van der Waals surface area contributed by atoms with Gasteiger partial charge in [0.2, 0.25) is 0 Å². The van der Waals surface area contributed by atoms with Crippen molar-refractivity contribution in [1.82, 2.24) is 19.1 Å². The number of pyridine rings is 1. The molecule has 0 spiro atoms. The average molecular weight is 458 g/mol. The van der Waals surface area contributed by atoms with E-state index < -0.39 is 17.2 Å². The largest absolute Gasteiger partial charge is 0.332 e. The SMILES string of the molecule is Cc1ccccc1N(C(=O)c1ccc2c(=O)n(C)c(=O)n(C)c2n1)c1nc2ccccc2s1. The van der Waals surface area contributed by atoms with Crippen molar-refractivity contribution in [1.29, 1.82) is 0 Å². The van der Waals surface area contributed by atoms with E-state index in [4.69, 9.17) is 0 Å². The van der Waals surface area contributed by atoms with Crippen molar-refractivity contribution >= 4 is 49.3 Å². The molecule has 5 aromatic rings. The van der Waals surface area contributed by atoms with Crippen LogP contribution in [0.25, 0.3) is 21.3 Å². The normalized spacial score (nSPS) is 11.2. The molecule has 0 aliphatic rings. The van der Waals surface area contributed by atoms with E-state index in [9.17, 15) is 14.4 Å². The van der Waals surface area contributed by atoms with Gasteiger partial charge in [-0.15, -0.1) is 0 Å². The predicted octanol–water partition coefficient (Wildman–Crippen LogP) is 3.53. The van der Waals surface area contributed by atoms with E-state index in [-0.39, 0.29) is 16.7 Å². The number of fused-ring (bicyclic) bond motifs is 2. The Bertz CT molecular complexity index is 1650. The van der Waals surface area contributed by atoms with Crippen LogP contribution in [0.5, 0.6) is 0 Å². The molecule has 0 saturated carbocycles. The van der Waals surface area contributed by atoms with Crippen molar-refractivity contribution in [3.8, 4) is 0 Å². The van der Waals surface area contributed by atoms with Crippen LogP contribution >= 0.6 is 11.3 Å². The highest BCUT2D eigenvalue weighted by Gasteiger charge is 2.26. The second-order valence-electron chi connectivity index (χ2n) is 7.66. The van der Waals surface area contributed by atoms with Crippen molar-refractivity contribution < 1.29 is 4.79 Å². The lowest BCUT2D eigenvalue weighted by molar-refractivity contribution is 0.0994. The molecule has 2 aromatic carbocycles. The molecule has 3 aromatic heterocycles. The number of hydrogen-bond donors (Lipinski definition) is 0. The lowest BCUT2D eigenvalue weighted by Crippen LogP contribution is -2.37. The summed E-state index contributed by atoms with van der Waals surface area (Å²) in [4.78, 5) is 49.4. The van der Waals surface area contributed by atoms with Crippen LogP contribution in [0.2, 0.25) is 0 Å². The molecule has 9 heteroatoms. The quantitative estimate of drug-likeness (QED) is 0.413. The van der Waals surface area contributed by atoms with E-state index in [1.54, 1.807) is 0 Å². The molecule has 0 aliphatic carbocycles. The van der Waals surface area contributed by atoms with Crippen LogP contribution in [-0.2, 0) is 14.1 Å². The number of amides is 1. The van der Waals surface area contributed by atoms with Crippen LogP contribution in [0.15, 0.2) is 70.3 Å². The van der Waals surface area contributed by atoms with Gasteiger partial charge in [-0.25, -0.2) is 14.8 Å². The standard InChI is InChI=1S/C24H19N5O3S/c1-14-8-4-6-10-18(14)29(23-26-16-9-5-7-11-19(16)33-23)22(31)17-13-12-15-20(25-17)27(2)24(32)28(3)21(15)30/h4-13H,1-3H3. The van der Waals surface area contributed by atoms with Crippen molar-refractivity contribution in [2.24, 2.45) is 14.1 Å². The molecule has 0 saturated heterocycles. The molecule has 0 unspecified atom stereocenters. The number of carbonyl (C=O) groups is 1. The highest BCUT2D eigenvalue weighted by molar-refractivity contribution is 7.22. The molecule has 33 heavy (non-hydrogen) atoms. The second-order valence-corrected chi connectivity index (χ2v) is 8.67. The smallest absolute Gasteiger partial charge is 0.280 e.